The summed E-state index contributed by atoms with van der Waals surface area (Å²) in [5.74, 6) is 0. The Kier molecular flexibility index (Phi) is 3.57. The zero-order valence-electron chi connectivity index (χ0n) is 10.2. The number of nitrogen functional groups attached to an aromatic ring is 1. The molecule has 0 saturated heterocycles. The van der Waals surface area contributed by atoms with E-state index in [9.17, 15) is 10.1 Å². The van der Waals surface area contributed by atoms with Crippen LogP contribution in [-0.2, 0) is 0 Å². The van der Waals surface area contributed by atoms with Gasteiger partial charge in [-0.25, -0.2) is 0 Å². The Labute approximate surface area is 115 Å². The number of nitrogens with zero attached hydrogens (tertiary/aromatic N) is 1. The number of benzene rings is 2. The number of anilines is 3. The highest BCUT2D eigenvalue weighted by atomic mass is 35.5. The van der Waals surface area contributed by atoms with Gasteiger partial charge in [0.2, 0.25) is 0 Å². The average molecular weight is 278 g/mol. The van der Waals surface area contributed by atoms with E-state index in [2.05, 4.69) is 5.32 Å². The summed E-state index contributed by atoms with van der Waals surface area (Å²) in [6, 6.07) is 10.1. The molecule has 0 spiro atoms. The number of hydrogen-bond acceptors (Lipinski definition) is 4. The molecule has 2 aromatic rings. The van der Waals surface area contributed by atoms with Crippen LogP contribution in [-0.4, -0.2) is 4.92 Å². The first kappa shape index (κ1) is 13.2. The second kappa shape index (κ2) is 5.16. The normalized spacial score (nSPS) is 10.2. The van der Waals surface area contributed by atoms with Crippen LogP contribution in [0.5, 0.6) is 0 Å². The van der Waals surface area contributed by atoms with Crippen LogP contribution in [0.3, 0.4) is 0 Å². The second-order valence-corrected chi connectivity index (χ2v) is 4.52. The van der Waals surface area contributed by atoms with Crippen molar-refractivity contribution in [2.45, 2.75) is 6.92 Å². The highest BCUT2D eigenvalue weighted by Gasteiger charge is 2.18. The zero-order valence-corrected chi connectivity index (χ0v) is 10.9. The SMILES string of the molecule is Cc1ccc(Cl)cc1Nc1cccc(N)c1[N+](=O)[O-]. The maximum atomic E-state index is 11.0. The van der Waals surface area contributed by atoms with Crippen LogP contribution in [0, 0.1) is 17.0 Å². The highest BCUT2D eigenvalue weighted by molar-refractivity contribution is 6.30. The number of halogens is 1. The standard InChI is InChI=1S/C13H12ClN3O2/c1-8-5-6-9(14)7-12(8)16-11-4-2-3-10(15)13(11)17(18)19/h2-7,16H,15H2,1H3. The predicted molar refractivity (Wildman–Crippen MR) is 77.0 cm³/mol. The quantitative estimate of drug-likeness (QED) is 0.507. The maximum absolute atomic E-state index is 11.0. The first-order chi connectivity index (χ1) is 8.99. The van der Waals surface area contributed by atoms with Crippen LogP contribution in [0.2, 0.25) is 5.02 Å². The van der Waals surface area contributed by atoms with E-state index in [-0.39, 0.29) is 11.4 Å². The molecule has 3 N–H and O–H groups in total. The molecular formula is C13H12ClN3O2. The summed E-state index contributed by atoms with van der Waals surface area (Å²) in [4.78, 5) is 10.5. The van der Waals surface area contributed by atoms with Gasteiger partial charge in [-0.2, -0.15) is 0 Å². The molecule has 0 fully saturated rings. The van der Waals surface area contributed by atoms with Gasteiger partial charge < -0.3 is 11.1 Å². The third-order valence-corrected chi connectivity index (χ3v) is 2.95. The average Bonchev–Trinajstić information content (AvgIpc) is 2.33. The predicted octanol–water partition coefficient (Wildman–Crippen LogP) is 3.88. The Morgan fingerprint density at radius 3 is 2.68 bits per heavy atom. The molecule has 0 unspecified atom stereocenters. The van der Waals surface area contributed by atoms with Crippen molar-refractivity contribution in [3.05, 3.63) is 57.1 Å². The van der Waals surface area contributed by atoms with Crippen molar-refractivity contribution >= 4 is 34.4 Å². The first-order valence-electron chi connectivity index (χ1n) is 5.55. The van der Waals surface area contributed by atoms with Crippen molar-refractivity contribution in [3.8, 4) is 0 Å². The fourth-order valence-corrected chi connectivity index (χ4v) is 1.91. The summed E-state index contributed by atoms with van der Waals surface area (Å²) < 4.78 is 0. The van der Waals surface area contributed by atoms with E-state index in [1.54, 1.807) is 24.3 Å². The van der Waals surface area contributed by atoms with Gasteiger partial charge >= 0.3 is 5.69 Å². The molecular weight excluding hydrogens is 266 g/mol. The van der Waals surface area contributed by atoms with E-state index in [0.29, 0.717) is 16.4 Å². The van der Waals surface area contributed by atoms with Crippen LogP contribution in [0.15, 0.2) is 36.4 Å². The summed E-state index contributed by atoms with van der Waals surface area (Å²) in [5, 5.41) is 14.6. The minimum absolute atomic E-state index is 0.120. The van der Waals surface area contributed by atoms with Gasteiger partial charge in [-0.3, -0.25) is 10.1 Å². The van der Waals surface area contributed by atoms with E-state index in [0.717, 1.165) is 5.56 Å². The third kappa shape index (κ3) is 2.77. The van der Waals surface area contributed by atoms with Gasteiger partial charge in [-0.15, -0.1) is 0 Å². The van der Waals surface area contributed by atoms with Crippen LogP contribution in [0.1, 0.15) is 5.56 Å². The number of para-hydroxylation sites is 1. The molecule has 0 bridgehead atoms. The molecule has 0 saturated carbocycles. The van der Waals surface area contributed by atoms with Crippen molar-refractivity contribution in [1.82, 2.24) is 0 Å². The Morgan fingerprint density at radius 1 is 1.26 bits per heavy atom. The molecule has 0 aliphatic rings. The van der Waals surface area contributed by atoms with Crippen molar-refractivity contribution in [2.24, 2.45) is 0 Å². The Bertz CT molecular complexity index is 644. The topological polar surface area (TPSA) is 81.2 Å². The number of nitrogens with one attached hydrogen (secondary N) is 1. The molecule has 0 amide bonds. The molecule has 0 heterocycles. The smallest absolute Gasteiger partial charge is 0.315 e. The van der Waals surface area contributed by atoms with Gasteiger partial charge in [0.05, 0.1) is 4.92 Å². The lowest BCUT2D eigenvalue weighted by molar-refractivity contribution is -0.383. The fourth-order valence-electron chi connectivity index (χ4n) is 1.74. The van der Waals surface area contributed by atoms with E-state index in [4.69, 9.17) is 17.3 Å². The van der Waals surface area contributed by atoms with Crippen molar-refractivity contribution < 1.29 is 4.92 Å². The number of rotatable bonds is 3. The molecule has 0 aliphatic carbocycles. The summed E-state index contributed by atoms with van der Waals surface area (Å²) in [6.45, 7) is 1.89. The van der Waals surface area contributed by atoms with Crippen LogP contribution in [0.25, 0.3) is 0 Å². The molecule has 2 rings (SSSR count). The van der Waals surface area contributed by atoms with Gasteiger partial charge in [-0.05, 0) is 36.8 Å². The number of nitro benzene ring substituents is 1. The van der Waals surface area contributed by atoms with Crippen molar-refractivity contribution in [2.75, 3.05) is 11.1 Å². The van der Waals surface area contributed by atoms with Crippen molar-refractivity contribution in [3.63, 3.8) is 0 Å². The van der Waals surface area contributed by atoms with Crippen LogP contribution < -0.4 is 11.1 Å². The molecule has 98 valence electrons. The van der Waals surface area contributed by atoms with Gasteiger partial charge in [-0.1, -0.05) is 23.7 Å². The number of nitro groups is 1. The Balaban J connectivity index is 2.46. The van der Waals surface area contributed by atoms with E-state index >= 15 is 0 Å². The largest absolute Gasteiger partial charge is 0.393 e. The molecule has 5 nitrogen and oxygen atoms in total. The molecule has 0 aliphatic heterocycles. The summed E-state index contributed by atoms with van der Waals surface area (Å²) in [5.41, 5.74) is 7.60. The van der Waals surface area contributed by atoms with Crippen LogP contribution >= 0.6 is 11.6 Å². The molecule has 6 heteroatoms. The molecule has 19 heavy (non-hydrogen) atoms. The van der Waals surface area contributed by atoms with Crippen LogP contribution in [0.4, 0.5) is 22.7 Å². The Morgan fingerprint density at radius 2 is 2.00 bits per heavy atom. The van der Waals surface area contributed by atoms with E-state index < -0.39 is 4.92 Å². The molecule has 2 aromatic carbocycles. The van der Waals surface area contributed by atoms with Gasteiger partial charge in [0.1, 0.15) is 11.4 Å². The monoisotopic (exact) mass is 277 g/mol. The summed E-state index contributed by atoms with van der Waals surface area (Å²) >= 11 is 5.92. The number of aryl methyl sites for hydroxylation is 1. The second-order valence-electron chi connectivity index (χ2n) is 4.08. The fraction of sp³-hybridized carbons (Fsp3) is 0.0769. The van der Waals surface area contributed by atoms with E-state index in [1.807, 2.05) is 13.0 Å². The van der Waals surface area contributed by atoms with Gasteiger partial charge in [0, 0.05) is 10.7 Å². The third-order valence-electron chi connectivity index (χ3n) is 2.72. The molecule has 0 atom stereocenters. The van der Waals surface area contributed by atoms with Gasteiger partial charge in [0.15, 0.2) is 0 Å². The lowest BCUT2D eigenvalue weighted by Crippen LogP contribution is -2.01. The lowest BCUT2D eigenvalue weighted by atomic mass is 10.1. The minimum atomic E-state index is -0.502. The Hall–Kier alpha value is -2.27. The number of hydrogen-bond donors (Lipinski definition) is 2. The maximum Gasteiger partial charge on any atom is 0.315 e. The van der Waals surface area contributed by atoms with Gasteiger partial charge in [0.25, 0.3) is 0 Å². The highest BCUT2D eigenvalue weighted by Crippen LogP contribution is 2.34. The number of nitrogens with two attached hydrogens (primary N) is 1. The molecule has 0 radical (unpaired) electrons. The lowest BCUT2D eigenvalue weighted by Gasteiger charge is -2.11. The van der Waals surface area contributed by atoms with Crippen molar-refractivity contribution in [1.29, 1.82) is 0 Å². The molecule has 0 aromatic heterocycles. The summed E-state index contributed by atoms with van der Waals surface area (Å²) in [7, 11) is 0. The zero-order chi connectivity index (χ0) is 14.0. The minimum Gasteiger partial charge on any atom is -0.393 e. The first-order valence-corrected chi connectivity index (χ1v) is 5.93. The van der Waals surface area contributed by atoms with E-state index in [1.165, 1.54) is 6.07 Å². The summed E-state index contributed by atoms with van der Waals surface area (Å²) in [6.07, 6.45) is 0.